The number of carboxylic acid groups (broad SMARTS) is 1. The van der Waals surface area contributed by atoms with Crippen molar-refractivity contribution in [3.8, 4) is 0 Å². The number of rotatable bonds is 4. The van der Waals surface area contributed by atoms with Crippen molar-refractivity contribution in [2.24, 2.45) is 10.2 Å². The SMILES string of the molecule is O=C(O)CC1S/C(=N/N=Cc2ccco2)NC1=O. The number of furan rings is 1. The van der Waals surface area contributed by atoms with Crippen LogP contribution in [0.4, 0.5) is 0 Å². The van der Waals surface area contributed by atoms with Gasteiger partial charge in [-0.15, -0.1) is 5.10 Å². The van der Waals surface area contributed by atoms with Crippen molar-refractivity contribution in [1.29, 1.82) is 0 Å². The van der Waals surface area contributed by atoms with Crippen molar-refractivity contribution >= 4 is 35.0 Å². The fourth-order valence-electron chi connectivity index (χ4n) is 1.25. The Morgan fingerprint density at radius 1 is 1.67 bits per heavy atom. The molecular formula is C10H9N3O4S. The predicted molar refractivity (Wildman–Crippen MR) is 65.5 cm³/mol. The van der Waals surface area contributed by atoms with Gasteiger partial charge in [0.2, 0.25) is 5.91 Å². The minimum Gasteiger partial charge on any atom is -0.481 e. The largest absolute Gasteiger partial charge is 0.481 e. The molecule has 1 aliphatic heterocycles. The predicted octanol–water partition coefficient (Wildman–Crippen LogP) is 0.676. The molecular weight excluding hydrogens is 258 g/mol. The van der Waals surface area contributed by atoms with Crippen LogP contribution in [0, 0.1) is 0 Å². The fraction of sp³-hybridized carbons (Fsp3) is 0.200. The zero-order valence-electron chi connectivity index (χ0n) is 9.07. The average Bonchev–Trinajstić information content (AvgIpc) is 2.90. The average molecular weight is 267 g/mol. The lowest BCUT2D eigenvalue weighted by atomic mass is 10.3. The van der Waals surface area contributed by atoms with Gasteiger partial charge in [0.1, 0.15) is 11.0 Å². The molecule has 1 aromatic heterocycles. The number of thioether (sulfide) groups is 1. The zero-order valence-corrected chi connectivity index (χ0v) is 9.88. The molecule has 1 unspecified atom stereocenters. The van der Waals surface area contributed by atoms with Crippen LogP contribution in [0.1, 0.15) is 12.2 Å². The summed E-state index contributed by atoms with van der Waals surface area (Å²) in [7, 11) is 0. The number of hydrogen-bond donors (Lipinski definition) is 2. The van der Waals surface area contributed by atoms with Gasteiger partial charge in [0.15, 0.2) is 5.17 Å². The molecule has 2 N–H and O–H groups in total. The maximum absolute atomic E-state index is 11.4. The molecule has 0 aliphatic carbocycles. The van der Waals surface area contributed by atoms with Crippen molar-refractivity contribution in [2.45, 2.75) is 11.7 Å². The van der Waals surface area contributed by atoms with Crippen LogP contribution in [0.5, 0.6) is 0 Å². The second-order valence-electron chi connectivity index (χ2n) is 3.36. The summed E-state index contributed by atoms with van der Waals surface area (Å²) < 4.78 is 5.00. The van der Waals surface area contributed by atoms with E-state index < -0.39 is 11.2 Å². The lowest BCUT2D eigenvalue weighted by molar-refractivity contribution is -0.138. The number of hydrogen-bond acceptors (Lipinski definition) is 6. The molecule has 0 bridgehead atoms. The first-order valence-electron chi connectivity index (χ1n) is 4.99. The summed E-state index contributed by atoms with van der Waals surface area (Å²) in [6.45, 7) is 0. The number of amidine groups is 1. The molecule has 1 atom stereocenters. The van der Waals surface area contributed by atoms with Crippen LogP contribution < -0.4 is 5.32 Å². The van der Waals surface area contributed by atoms with Gasteiger partial charge in [0.25, 0.3) is 0 Å². The maximum atomic E-state index is 11.4. The molecule has 1 amide bonds. The van der Waals surface area contributed by atoms with E-state index in [-0.39, 0.29) is 17.5 Å². The minimum atomic E-state index is -1.03. The fourth-order valence-corrected chi connectivity index (χ4v) is 2.16. The molecule has 1 aliphatic rings. The summed E-state index contributed by atoms with van der Waals surface area (Å²) in [6.07, 6.45) is 2.66. The summed E-state index contributed by atoms with van der Waals surface area (Å²) in [5.41, 5.74) is 0. The Balaban J connectivity index is 1.95. The van der Waals surface area contributed by atoms with Gasteiger partial charge in [-0.05, 0) is 12.1 Å². The van der Waals surface area contributed by atoms with Crippen molar-refractivity contribution < 1.29 is 19.1 Å². The second kappa shape index (κ2) is 5.50. The molecule has 0 spiro atoms. The molecule has 2 heterocycles. The number of aliphatic carboxylic acids is 1. The third kappa shape index (κ3) is 3.20. The quantitative estimate of drug-likeness (QED) is 0.616. The zero-order chi connectivity index (χ0) is 13.0. The van der Waals surface area contributed by atoms with E-state index in [4.69, 9.17) is 9.52 Å². The first-order chi connectivity index (χ1) is 8.65. The van der Waals surface area contributed by atoms with Crippen molar-refractivity contribution in [3.05, 3.63) is 24.2 Å². The second-order valence-corrected chi connectivity index (χ2v) is 4.55. The number of nitrogens with one attached hydrogen (secondary N) is 1. The molecule has 7 nitrogen and oxygen atoms in total. The molecule has 0 saturated carbocycles. The van der Waals surface area contributed by atoms with Gasteiger partial charge in [-0.3, -0.25) is 9.59 Å². The third-order valence-electron chi connectivity index (χ3n) is 2.01. The number of nitrogens with zero attached hydrogens (tertiary/aromatic N) is 2. The van der Waals surface area contributed by atoms with Crippen LogP contribution in [0.2, 0.25) is 0 Å². The highest BCUT2D eigenvalue weighted by Crippen LogP contribution is 2.22. The van der Waals surface area contributed by atoms with E-state index in [1.165, 1.54) is 12.5 Å². The Hall–Kier alpha value is -2.09. The van der Waals surface area contributed by atoms with E-state index in [0.717, 1.165) is 11.8 Å². The Kier molecular flexibility index (Phi) is 3.78. The van der Waals surface area contributed by atoms with Gasteiger partial charge in [0, 0.05) is 0 Å². The normalized spacial score (nSPS) is 21.7. The third-order valence-corrected chi connectivity index (χ3v) is 3.09. The highest BCUT2D eigenvalue weighted by atomic mass is 32.2. The molecule has 1 aromatic rings. The summed E-state index contributed by atoms with van der Waals surface area (Å²) >= 11 is 1.05. The van der Waals surface area contributed by atoms with Crippen molar-refractivity contribution in [1.82, 2.24) is 5.32 Å². The number of carbonyl (C=O) groups is 2. The van der Waals surface area contributed by atoms with Gasteiger partial charge in [-0.1, -0.05) is 11.8 Å². The molecule has 1 saturated heterocycles. The van der Waals surface area contributed by atoms with Crippen LogP contribution in [0.25, 0.3) is 0 Å². The lowest BCUT2D eigenvalue weighted by Gasteiger charge is -1.97. The lowest BCUT2D eigenvalue weighted by Crippen LogP contribution is -2.26. The molecule has 2 rings (SSSR count). The van der Waals surface area contributed by atoms with Crippen molar-refractivity contribution in [2.75, 3.05) is 0 Å². The molecule has 8 heteroatoms. The van der Waals surface area contributed by atoms with E-state index in [9.17, 15) is 9.59 Å². The highest BCUT2D eigenvalue weighted by molar-refractivity contribution is 8.15. The number of amides is 1. The van der Waals surface area contributed by atoms with Crippen LogP contribution in [-0.2, 0) is 9.59 Å². The van der Waals surface area contributed by atoms with Gasteiger partial charge in [-0.25, -0.2) is 0 Å². The minimum absolute atomic E-state index is 0.239. The first-order valence-corrected chi connectivity index (χ1v) is 5.87. The van der Waals surface area contributed by atoms with Crippen LogP contribution >= 0.6 is 11.8 Å². The highest BCUT2D eigenvalue weighted by Gasteiger charge is 2.32. The maximum Gasteiger partial charge on any atom is 0.305 e. The summed E-state index contributed by atoms with van der Waals surface area (Å²) in [5.74, 6) is -0.854. The van der Waals surface area contributed by atoms with E-state index >= 15 is 0 Å². The van der Waals surface area contributed by atoms with E-state index in [1.54, 1.807) is 12.1 Å². The monoisotopic (exact) mass is 267 g/mol. The van der Waals surface area contributed by atoms with E-state index in [1.807, 2.05) is 0 Å². The topological polar surface area (TPSA) is 104 Å². The standard InChI is InChI=1S/C10H9N3O4S/c14-8(15)4-7-9(16)12-10(18-7)13-11-5-6-2-1-3-17-6/h1-3,5,7H,4H2,(H,14,15)(H,12,13,16). The van der Waals surface area contributed by atoms with Crippen LogP contribution in [-0.4, -0.2) is 33.6 Å². The molecule has 18 heavy (non-hydrogen) atoms. The Morgan fingerprint density at radius 3 is 3.17 bits per heavy atom. The number of carboxylic acids is 1. The van der Waals surface area contributed by atoms with Gasteiger partial charge in [0.05, 0.1) is 18.9 Å². The van der Waals surface area contributed by atoms with Crippen LogP contribution in [0.15, 0.2) is 33.0 Å². The van der Waals surface area contributed by atoms with E-state index in [0.29, 0.717) is 5.76 Å². The summed E-state index contributed by atoms with van der Waals surface area (Å²) in [5, 5.41) is 18.2. The van der Waals surface area contributed by atoms with Gasteiger partial charge < -0.3 is 14.8 Å². The van der Waals surface area contributed by atoms with Gasteiger partial charge >= 0.3 is 5.97 Å². The van der Waals surface area contributed by atoms with Crippen LogP contribution in [0.3, 0.4) is 0 Å². The Bertz CT molecular complexity index is 509. The van der Waals surface area contributed by atoms with E-state index in [2.05, 4.69) is 15.5 Å². The molecule has 1 fully saturated rings. The molecule has 94 valence electrons. The van der Waals surface area contributed by atoms with Gasteiger partial charge in [-0.2, -0.15) is 5.10 Å². The first kappa shape index (κ1) is 12.4. The van der Waals surface area contributed by atoms with Crippen molar-refractivity contribution in [3.63, 3.8) is 0 Å². The Labute approximate surface area is 106 Å². The molecule has 0 aromatic carbocycles. The number of carbonyl (C=O) groups excluding carboxylic acids is 1. The Morgan fingerprint density at radius 2 is 2.50 bits per heavy atom. The molecule has 0 radical (unpaired) electrons. The smallest absolute Gasteiger partial charge is 0.305 e. The summed E-state index contributed by atoms with van der Waals surface area (Å²) in [4.78, 5) is 21.9. The summed E-state index contributed by atoms with van der Waals surface area (Å²) in [6, 6.07) is 3.42.